The Morgan fingerprint density at radius 3 is 2.25 bits per heavy atom. The highest BCUT2D eigenvalue weighted by atomic mass is 35.5. The summed E-state index contributed by atoms with van der Waals surface area (Å²) in [6, 6.07) is 3.13. The van der Waals surface area contributed by atoms with Crippen LogP contribution in [0.15, 0.2) is 12.1 Å². The zero-order chi connectivity index (χ0) is 11.4. The summed E-state index contributed by atoms with van der Waals surface area (Å²) in [7, 11) is 4.24. The standard InChI is InChI=1S/C10H13NO4.ClH/c1-13-7-5-4-6(10(12)15-3)8(11)9(7)14-2;/h4-5H,11H2,1-3H3;1H. The molecule has 0 aliphatic carbocycles. The SMILES string of the molecule is COC(=O)c1ccc(OC)c(OC)c1N.Cl. The van der Waals surface area contributed by atoms with Crippen molar-refractivity contribution in [3.8, 4) is 11.5 Å². The zero-order valence-corrected chi connectivity index (χ0v) is 10.1. The molecule has 0 amide bonds. The van der Waals surface area contributed by atoms with Crippen molar-refractivity contribution in [3.63, 3.8) is 0 Å². The third kappa shape index (κ3) is 2.49. The smallest absolute Gasteiger partial charge is 0.340 e. The molecule has 5 nitrogen and oxygen atoms in total. The maximum absolute atomic E-state index is 11.3. The topological polar surface area (TPSA) is 70.8 Å². The number of hydrogen-bond donors (Lipinski definition) is 1. The van der Waals surface area contributed by atoms with Gasteiger partial charge in [0.2, 0.25) is 0 Å². The van der Waals surface area contributed by atoms with Crippen molar-refractivity contribution in [3.05, 3.63) is 17.7 Å². The van der Waals surface area contributed by atoms with E-state index in [1.54, 1.807) is 6.07 Å². The Hall–Kier alpha value is -1.62. The van der Waals surface area contributed by atoms with Crippen molar-refractivity contribution < 1.29 is 19.0 Å². The van der Waals surface area contributed by atoms with Crippen LogP contribution in [0.3, 0.4) is 0 Å². The summed E-state index contributed by atoms with van der Waals surface area (Å²) < 4.78 is 14.6. The summed E-state index contributed by atoms with van der Waals surface area (Å²) in [6.45, 7) is 0. The highest BCUT2D eigenvalue weighted by Gasteiger charge is 2.17. The van der Waals surface area contributed by atoms with E-state index < -0.39 is 5.97 Å². The molecular weight excluding hydrogens is 234 g/mol. The number of esters is 1. The summed E-state index contributed by atoms with van der Waals surface area (Å²) in [5.41, 5.74) is 6.21. The third-order valence-corrected chi connectivity index (χ3v) is 1.99. The van der Waals surface area contributed by atoms with Gasteiger partial charge < -0.3 is 19.9 Å². The lowest BCUT2D eigenvalue weighted by atomic mass is 10.1. The lowest BCUT2D eigenvalue weighted by Gasteiger charge is -2.12. The molecule has 1 aromatic carbocycles. The fraction of sp³-hybridized carbons (Fsp3) is 0.300. The van der Waals surface area contributed by atoms with E-state index in [2.05, 4.69) is 4.74 Å². The van der Waals surface area contributed by atoms with Gasteiger partial charge in [-0.2, -0.15) is 0 Å². The van der Waals surface area contributed by atoms with Gasteiger partial charge in [0.25, 0.3) is 0 Å². The normalized spacial score (nSPS) is 8.94. The number of rotatable bonds is 3. The number of anilines is 1. The Bertz CT molecular complexity index is 381. The van der Waals surface area contributed by atoms with Gasteiger partial charge in [-0.15, -0.1) is 12.4 Å². The molecule has 0 radical (unpaired) electrons. The molecule has 16 heavy (non-hydrogen) atoms. The van der Waals surface area contributed by atoms with Crippen molar-refractivity contribution in [2.75, 3.05) is 27.1 Å². The molecule has 0 aliphatic heterocycles. The van der Waals surface area contributed by atoms with Gasteiger partial charge in [-0.3, -0.25) is 0 Å². The molecule has 1 aromatic rings. The molecule has 0 atom stereocenters. The van der Waals surface area contributed by atoms with Crippen LogP contribution in [0.4, 0.5) is 5.69 Å². The van der Waals surface area contributed by atoms with Crippen molar-refractivity contribution in [1.29, 1.82) is 0 Å². The van der Waals surface area contributed by atoms with Gasteiger partial charge in [0.1, 0.15) is 0 Å². The second-order valence-corrected chi connectivity index (χ2v) is 2.75. The molecule has 1 rings (SSSR count). The van der Waals surface area contributed by atoms with E-state index in [1.807, 2.05) is 0 Å². The molecule has 0 saturated carbocycles. The summed E-state index contributed by atoms with van der Waals surface area (Å²) in [4.78, 5) is 11.3. The molecule has 0 aliphatic rings. The molecule has 0 heterocycles. The van der Waals surface area contributed by atoms with E-state index in [9.17, 15) is 4.79 Å². The zero-order valence-electron chi connectivity index (χ0n) is 9.27. The van der Waals surface area contributed by atoms with Crippen LogP contribution in [-0.2, 0) is 4.74 Å². The first-order valence-electron chi connectivity index (χ1n) is 4.24. The van der Waals surface area contributed by atoms with Crippen molar-refractivity contribution in [2.24, 2.45) is 0 Å². The molecule has 2 N–H and O–H groups in total. The molecule has 0 unspecified atom stereocenters. The van der Waals surface area contributed by atoms with E-state index in [0.717, 1.165) is 0 Å². The van der Waals surface area contributed by atoms with E-state index in [1.165, 1.54) is 27.4 Å². The largest absolute Gasteiger partial charge is 0.493 e. The van der Waals surface area contributed by atoms with E-state index in [-0.39, 0.29) is 23.7 Å². The minimum Gasteiger partial charge on any atom is -0.493 e. The molecule has 6 heteroatoms. The highest BCUT2D eigenvalue weighted by molar-refractivity contribution is 5.97. The minimum absolute atomic E-state index is 0. The van der Waals surface area contributed by atoms with Gasteiger partial charge in [-0.05, 0) is 12.1 Å². The van der Waals surface area contributed by atoms with E-state index in [4.69, 9.17) is 15.2 Å². The molecule has 0 aromatic heterocycles. The minimum atomic E-state index is -0.506. The first kappa shape index (κ1) is 14.4. The summed E-state index contributed by atoms with van der Waals surface area (Å²) >= 11 is 0. The lowest BCUT2D eigenvalue weighted by molar-refractivity contribution is 0.0601. The fourth-order valence-corrected chi connectivity index (χ4v) is 1.24. The molecule has 0 saturated heterocycles. The highest BCUT2D eigenvalue weighted by Crippen LogP contribution is 2.35. The Morgan fingerprint density at radius 1 is 1.19 bits per heavy atom. The number of halogens is 1. The monoisotopic (exact) mass is 247 g/mol. The van der Waals surface area contributed by atoms with Gasteiger partial charge in [0.05, 0.1) is 32.6 Å². The maximum Gasteiger partial charge on any atom is 0.340 e. The second kappa shape index (κ2) is 6.07. The second-order valence-electron chi connectivity index (χ2n) is 2.75. The lowest BCUT2D eigenvalue weighted by Crippen LogP contribution is -2.07. The number of carbonyl (C=O) groups excluding carboxylic acids is 1. The van der Waals surface area contributed by atoms with Crippen LogP contribution < -0.4 is 15.2 Å². The Morgan fingerprint density at radius 2 is 1.81 bits per heavy atom. The predicted octanol–water partition coefficient (Wildman–Crippen LogP) is 1.49. The van der Waals surface area contributed by atoms with Crippen molar-refractivity contribution >= 4 is 24.1 Å². The van der Waals surface area contributed by atoms with E-state index >= 15 is 0 Å². The van der Waals surface area contributed by atoms with Crippen LogP contribution in [0.5, 0.6) is 11.5 Å². The van der Waals surface area contributed by atoms with Crippen LogP contribution in [0.25, 0.3) is 0 Å². The van der Waals surface area contributed by atoms with Gasteiger partial charge in [0.15, 0.2) is 11.5 Å². The van der Waals surface area contributed by atoms with Crippen LogP contribution in [0.2, 0.25) is 0 Å². The number of nitrogens with two attached hydrogens (primary N) is 1. The van der Waals surface area contributed by atoms with Crippen LogP contribution in [0.1, 0.15) is 10.4 Å². The van der Waals surface area contributed by atoms with E-state index in [0.29, 0.717) is 11.5 Å². The average Bonchev–Trinajstić information content (AvgIpc) is 2.27. The fourth-order valence-electron chi connectivity index (χ4n) is 1.24. The third-order valence-electron chi connectivity index (χ3n) is 1.99. The van der Waals surface area contributed by atoms with Crippen LogP contribution >= 0.6 is 12.4 Å². The number of hydrogen-bond acceptors (Lipinski definition) is 5. The molecule has 0 spiro atoms. The molecule has 90 valence electrons. The number of benzene rings is 1. The van der Waals surface area contributed by atoms with Gasteiger partial charge in [0, 0.05) is 0 Å². The predicted molar refractivity (Wildman–Crippen MR) is 62.5 cm³/mol. The first-order chi connectivity index (χ1) is 7.15. The quantitative estimate of drug-likeness (QED) is 0.647. The number of nitrogen functional groups attached to an aromatic ring is 1. The van der Waals surface area contributed by atoms with Gasteiger partial charge >= 0.3 is 5.97 Å². The summed E-state index contributed by atoms with van der Waals surface area (Å²) in [6.07, 6.45) is 0. The summed E-state index contributed by atoms with van der Waals surface area (Å²) in [5.74, 6) is 0.302. The molecular formula is C10H14ClNO4. The summed E-state index contributed by atoms with van der Waals surface area (Å²) in [5, 5.41) is 0. The van der Waals surface area contributed by atoms with Crippen molar-refractivity contribution in [2.45, 2.75) is 0 Å². The van der Waals surface area contributed by atoms with Gasteiger partial charge in [-0.1, -0.05) is 0 Å². The Balaban J connectivity index is 0.00000225. The van der Waals surface area contributed by atoms with Crippen LogP contribution in [-0.4, -0.2) is 27.3 Å². The number of ether oxygens (including phenoxy) is 3. The number of methoxy groups -OCH3 is 3. The van der Waals surface area contributed by atoms with Gasteiger partial charge in [-0.25, -0.2) is 4.79 Å². The molecule has 0 bridgehead atoms. The Kier molecular flexibility index (Phi) is 5.46. The number of carbonyl (C=O) groups is 1. The molecule has 0 fully saturated rings. The average molecular weight is 248 g/mol. The Labute approximate surface area is 99.9 Å². The van der Waals surface area contributed by atoms with Crippen LogP contribution in [0, 0.1) is 0 Å². The first-order valence-corrected chi connectivity index (χ1v) is 4.24. The maximum atomic E-state index is 11.3. The van der Waals surface area contributed by atoms with Crippen molar-refractivity contribution in [1.82, 2.24) is 0 Å².